The number of carbonyl (C=O) groups excluding carboxylic acids is 2. The highest BCUT2D eigenvalue weighted by Gasteiger charge is 2.28. The average molecular weight is 224 g/mol. The summed E-state index contributed by atoms with van der Waals surface area (Å²) in [5.74, 6) is 0. The van der Waals surface area contributed by atoms with E-state index in [1.54, 1.807) is 12.2 Å². The summed E-state index contributed by atoms with van der Waals surface area (Å²) in [4.78, 5) is 27.2. The molecule has 0 atom stereocenters. The average Bonchev–Trinajstić information content (AvgIpc) is 2.13. The Kier molecular flexibility index (Phi) is 5.87. The van der Waals surface area contributed by atoms with E-state index in [2.05, 4.69) is 37.7 Å². The second-order valence-electron chi connectivity index (χ2n) is 5.64. The van der Waals surface area contributed by atoms with Crippen LogP contribution in [0.2, 0.25) is 0 Å². The van der Waals surface area contributed by atoms with Crippen molar-refractivity contribution in [2.45, 2.75) is 40.5 Å². The summed E-state index contributed by atoms with van der Waals surface area (Å²) >= 11 is 0. The van der Waals surface area contributed by atoms with Gasteiger partial charge in [0, 0.05) is 0 Å². The summed E-state index contributed by atoms with van der Waals surface area (Å²) in [5.41, 5.74) is 0.0358. The highest BCUT2D eigenvalue weighted by molar-refractivity contribution is 5.33. The van der Waals surface area contributed by atoms with E-state index in [0.29, 0.717) is 13.1 Å². The fourth-order valence-corrected chi connectivity index (χ4v) is 2.09. The third-order valence-electron chi connectivity index (χ3n) is 2.49. The summed E-state index contributed by atoms with van der Waals surface area (Å²) in [6, 6.07) is 0. The van der Waals surface area contributed by atoms with Crippen LogP contribution in [0.1, 0.15) is 40.5 Å². The van der Waals surface area contributed by atoms with E-state index in [1.165, 1.54) is 0 Å². The first-order chi connectivity index (χ1) is 7.33. The van der Waals surface area contributed by atoms with Crippen molar-refractivity contribution in [1.82, 2.24) is 0 Å². The molecule has 0 aromatic rings. The van der Waals surface area contributed by atoms with E-state index < -0.39 is 0 Å². The molecule has 4 heteroatoms. The molecule has 0 fully saturated rings. The maximum atomic E-state index is 10.1. The molecule has 0 unspecified atom stereocenters. The lowest BCUT2D eigenvalue weighted by Gasteiger charge is -2.33. The zero-order valence-corrected chi connectivity index (χ0v) is 10.5. The number of hydrogen-bond acceptors (Lipinski definition) is 4. The lowest BCUT2D eigenvalue weighted by Crippen LogP contribution is -2.26. The summed E-state index contributed by atoms with van der Waals surface area (Å²) in [5, 5.41) is 0. The van der Waals surface area contributed by atoms with Gasteiger partial charge in [-0.05, 0) is 23.7 Å². The minimum atomic E-state index is -0.0359. The molecule has 0 aliphatic carbocycles. The molecular weight excluding hydrogens is 204 g/mol. The summed E-state index contributed by atoms with van der Waals surface area (Å²) in [7, 11) is 0. The number of nitrogens with zero attached hydrogens (tertiary/aromatic N) is 2. The van der Waals surface area contributed by atoms with E-state index in [4.69, 9.17) is 0 Å². The van der Waals surface area contributed by atoms with Gasteiger partial charge in [-0.15, -0.1) is 0 Å². The zero-order chi connectivity index (χ0) is 12.7. The van der Waals surface area contributed by atoms with Crippen molar-refractivity contribution in [2.24, 2.45) is 20.8 Å². The maximum absolute atomic E-state index is 10.1. The molecule has 0 aliphatic heterocycles. The zero-order valence-electron chi connectivity index (χ0n) is 10.5. The van der Waals surface area contributed by atoms with Gasteiger partial charge in [-0.1, -0.05) is 27.7 Å². The van der Waals surface area contributed by atoms with Crippen LogP contribution in [0.4, 0.5) is 0 Å². The third kappa shape index (κ3) is 7.10. The number of aliphatic imine (C=N–C) groups is 2. The first-order valence-corrected chi connectivity index (χ1v) is 5.40. The quantitative estimate of drug-likeness (QED) is 0.492. The van der Waals surface area contributed by atoms with Gasteiger partial charge in [0.15, 0.2) is 0 Å². The van der Waals surface area contributed by atoms with Crippen LogP contribution in [-0.2, 0) is 9.59 Å². The Balaban J connectivity index is 4.31. The highest BCUT2D eigenvalue weighted by Crippen LogP contribution is 2.36. The van der Waals surface area contributed by atoms with Crippen LogP contribution in [0.3, 0.4) is 0 Å². The fraction of sp³-hybridized carbons (Fsp3) is 0.833. The van der Waals surface area contributed by atoms with Crippen LogP contribution in [0.15, 0.2) is 9.98 Å². The van der Waals surface area contributed by atoms with Crippen LogP contribution in [-0.4, -0.2) is 25.2 Å². The van der Waals surface area contributed by atoms with Crippen molar-refractivity contribution in [3.63, 3.8) is 0 Å². The van der Waals surface area contributed by atoms with Crippen molar-refractivity contribution < 1.29 is 9.59 Å². The molecule has 16 heavy (non-hydrogen) atoms. The van der Waals surface area contributed by atoms with E-state index in [-0.39, 0.29) is 10.8 Å². The fourth-order valence-electron chi connectivity index (χ4n) is 2.09. The summed E-state index contributed by atoms with van der Waals surface area (Å²) < 4.78 is 0. The lowest BCUT2D eigenvalue weighted by atomic mass is 9.73. The van der Waals surface area contributed by atoms with Gasteiger partial charge < -0.3 is 0 Å². The molecule has 0 bridgehead atoms. The predicted octanol–water partition coefficient (Wildman–Crippen LogP) is 2.49. The molecule has 0 rings (SSSR count). The predicted molar refractivity (Wildman–Crippen MR) is 62.8 cm³/mol. The Morgan fingerprint density at radius 3 is 2.00 bits per heavy atom. The van der Waals surface area contributed by atoms with E-state index in [9.17, 15) is 9.59 Å². The van der Waals surface area contributed by atoms with Gasteiger partial charge in [-0.25, -0.2) is 19.6 Å². The molecule has 0 aromatic carbocycles. The van der Waals surface area contributed by atoms with Gasteiger partial charge in [0.2, 0.25) is 12.2 Å². The van der Waals surface area contributed by atoms with Crippen LogP contribution >= 0.6 is 0 Å². The van der Waals surface area contributed by atoms with E-state index >= 15 is 0 Å². The molecule has 4 nitrogen and oxygen atoms in total. The Morgan fingerprint density at radius 1 is 0.938 bits per heavy atom. The molecule has 0 N–H and O–H groups in total. The van der Waals surface area contributed by atoms with Gasteiger partial charge in [-0.2, -0.15) is 0 Å². The van der Waals surface area contributed by atoms with Crippen LogP contribution in [0, 0.1) is 10.8 Å². The number of hydrogen-bond donors (Lipinski definition) is 0. The third-order valence-corrected chi connectivity index (χ3v) is 2.49. The smallest absolute Gasteiger partial charge is 0.211 e. The van der Waals surface area contributed by atoms with E-state index in [1.807, 2.05) is 0 Å². The molecule has 0 heterocycles. The minimum absolute atomic E-state index is 0.0359. The van der Waals surface area contributed by atoms with Crippen molar-refractivity contribution >= 4 is 12.2 Å². The van der Waals surface area contributed by atoms with Gasteiger partial charge in [0.25, 0.3) is 0 Å². The van der Waals surface area contributed by atoms with Crippen molar-refractivity contribution in [2.75, 3.05) is 13.1 Å². The minimum Gasteiger partial charge on any atom is -0.211 e. The molecule has 90 valence electrons. The van der Waals surface area contributed by atoms with Gasteiger partial charge in [-0.3, -0.25) is 0 Å². The monoisotopic (exact) mass is 224 g/mol. The molecule has 0 aromatic heterocycles. The second kappa shape index (κ2) is 6.37. The van der Waals surface area contributed by atoms with Gasteiger partial charge in [0.1, 0.15) is 0 Å². The molecule has 0 saturated carbocycles. The molecule has 0 radical (unpaired) electrons. The Bertz CT molecular complexity index is 309. The molecular formula is C12H20N2O2. The normalized spacial score (nSPS) is 11.5. The lowest BCUT2D eigenvalue weighted by molar-refractivity contribution is 0.192. The maximum Gasteiger partial charge on any atom is 0.234 e. The number of isocyanates is 2. The van der Waals surface area contributed by atoms with Gasteiger partial charge >= 0.3 is 0 Å². The SMILES string of the molecule is CC(C)(CCN=C=O)CC(C)(C)CN=C=O. The first kappa shape index (κ1) is 14.8. The topological polar surface area (TPSA) is 58.9 Å². The van der Waals surface area contributed by atoms with Crippen LogP contribution < -0.4 is 0 Å². The molecule has 0 saturated heterocycles. The van der Waals surface area contributed by atoms with E-state index in [0.717, 1.165) is 12.8 Å². The second-order valence-corrected chi connectivity index (χ2v) is 5.64. The van der Waals surface area contributed by atoms with Crippen molar-refractivity contribution in [1.29, 1.82) is 0 Å². The van der Waals surface area contributed by atoms with Crippen LogP contribution in [0.25, 0.3) is 0 Å². The largest absolute Gasteiger partial charge is 0.234 e. The van der Waals surface area contributed by atoms with Crippen molar-refractivity contribution in [3.05, 3.63) is 0 Å². The highest BCUT2D eigenvalue weighted by atomic mass is 16.1. The standard InChI is InChI=1S/C12H20N2O2/c1-11(2,5-6-13-9-15)7-12(3,4)8-14-10-16/h5-8H2,1-4H3. The van der Waals surface area contributed by atoms with Crippen molar-refractivity contribution in [3.8, 4) is 0 Å². The molecule has 0 amide bonds. The molecule has 0 aliphatic rings. The Labute approximate surface area is 96.9 Å². The summed E-state index contributed by atoms with van der Waals surface area (Å²) in [6.07, 6.45) is 4.86. The number of rotatable bonds is 7. The van der Waals surface area contributed by atoms with Gasteiger partial charge in [0.05, 0.1) is 13.1 Å². The first-order valence-electron chi connectivity index (χ1n) is 5.40. The Hall–Kier alpha value is -1.24. The Morgan fingerprint density at radius 2 is 1.50 bits per heavy atom. The summed E-state index contributed by atoms with van der Waals surface area (Å²) in [6.45, 7) is 9.37. The molecule has 0 spiro atoms. The van der Waals surface area contributed by atoms with Crippen LogP contribution in [0.5, 0.6) is 0 Å².